The lowest BCUT2D eigenvalue weighted by molar-refractivity contribution is -0.127. The monoisotopic (exact) mass is 312 g/mol. The Bertz CT molecular complexity index is 464. The molecule has 0 aliphatic heterocycles. The maximum Gasteiger partial charge on any atom is 0.260 e. The zero-order chi connectivity index (χ0) is 15.8. The molecule has 4 nitrogen and oxygen atoms in total. The lowest BCUT2D eigenvalue weighted by Crippen LogP contribution is -2.37. The first-order chi connectivity index (χ1) is 9.95. The largest absolute Gasteiger partial charge is 0.481 e. The van der Waals surface area contributed by atoms with Crippen LogP contribution in [0.2, 0.25) is 5.02 Å². The Balaban J connectivity index is 2.61. The van der Waals surface area contributed by atoms with Crippen LogP contribution in [0.15, 0.2) is 18.2 Å². The van der Waals surface area contributed by atoms with Gasteiger partial charge in [0, 0.05) is 23.2 Å². The molecule has 0 saturated heterocycles. The molecule has 1 rings (SSSR count). The van der Waals surface area contributed by atoms with Crippen molar-refractivity contribution < 1.29 is 9.53 Å². The number of benzene rings is 1. The molecule has 0 spiro atoms. The van der Waals surface area contributed by atoms with Gasteiger partial charge < -0.3 is 15.8 Å². The van der Waals surface area contributed by atoms with Gasteiger partial charge in [0.05, 0.1) is 0 Å². The van der Waals surface area contributed by atoms with Crippen molar-refractivity contribution in [1.82, 2.24) is 5.32 Å². The van der Waals surface area contributed by atoms with E-state index < -0.39 is 6.10 Å². The van der Waals surface area contributed by atoms with Crippen molar-refractivity contribution in [3.63, 3.8) is 0 Å². The van der Waals surface area contributed by atoms with Crippen LogP contribution < -0.4 is 15.8 Å². The number of unbranched alkanes of at least 4 members (excludes halogenated alkanes) is 2. The average molecular weight is 313 g/mol. The van der Waals surface area contributed by atoms with Gasteiger partial charge in [-0.15, -0.1) is 0 Å². The van der Waals surface area contributed by atoms with E-state index in [4.69, 9.17) is 22.1 Å². The van der Waals surface area contributed by atoms with Crippen LogP contribution in [-0.4, -0.2) is 18.6 Å². The molecule has 1 amide bonds. The Labute approximate surface area is 132 Å². The Morgan fingerprint density at radius 1 is 1.38 bits per heavy atom. The molecule has 0 radical (unpaired) electrons. The molecule has 0 aliphatic rings. The summed E-state index contributed by atoms with van der Waals surface area (Å²) in [5.74, 6) is 0.488. The molecular formula is C16H25ClN2O2. The van der Waals surface area contributed by atoms with Crippen LogP contribution in [0, 0.1) is 0 Å². The Morgan fingerprint density at radius 2 is 2.10 bits per heavy atom. The topological polar surface area (TPSA) is 64.3 Å². The molecule has 0 aliphatic carbocycles. The van der Waals surface area contributed by atoms with Crippen LogP contribution in [0.1, 0.15) is 51.6 Å². The van der Waals surface area contributed by atoms with E-state index in [0.717, 1.165) is 24.8 Å². The molecule has 118 valence electrons. The second-order valence-corrected chi connectivity index (χ2v) is 5.67. The summed E-state index contributed by atoms with van der Waals surface area (Å²) < 4.78 is 5.73. The van der Waals surface area contributed by atoms with Gasteiger partial charge in [0.1, 0.15) is 5.75 Å². The number of carbonyl (C=O) groups excluding carboxylic acids is 1. The molecular weight excluding hydrogens is 288 g/mol. The van der Waals surface area contributed by atoms with Crippen LogP contribution in [0.5, 0.6) is 5.75 Å². The van der Waals surface area contributed by atoms with Gasteiger partial charge in [-0.1, -0.05) is 31.4 Å². The molecule has 1 aromatic rings. The van der Waals surface area contributed by atoms with E-state index in [1.165, 1.54) is 0 Å². The fourth-order valence-corrected chi connectivity index (χ4v) is 2.14. The Morgan fingerprint density at radius 3 is 2.71 bits per heavy atom. The van der Waals surface area contributed by atoms with E-state index >= 15 is 0 Å². The number of ether oxygens (including phenoxy) is 1. The fourth-order valence-electron chi connectivity index (χ4n) is 1.96. The van der Waals surface area contributed by atoms with Gasteiger partial charge in [0.25, 0.3) is 5.91 Å². The van der Waals surface area contributed by atoms with E-state index in [0.29, 0.717) is 17.3 Å². The van der Waals surface area contributed by atoms with Crippen molar-refractivity contribution >= 4 is 17.5 Å². The summed E-state index contributed by atoms with van der Waals surface area (Å²) in [5.41, 5.74) is 6.71. The standard InChI is InChI=1S/C16H25ClN2O2/c1-4-5-6-9-19-16(20)12(3)21-15-8-7-13(17)10-14(15)11(2)18/h7-8,10-12H,4-6,9,18H2,1-3H3,(H,19,20)/t11-,12?/m0/s1. The Kier molecular flexibility index (Phi) is 7.54. The van der Waals surface area contributed by atoms with Crippen molar-refractivity contribution in [2.24, 2.45) is 5.73 Å². The molecule has 0 saturated carbocycles. The van der Waals surface area contributed by atoms with E-state index in [1.54, 1.807) is 25.1 Å². The summed E-state index contributed by atoms with van der Waals surface area (Å²) in [7, 11) is 0. The van der Waals surface area contributed by atoms with Gasteiger partial charge in [-0.05, 0) is 38.5 Å². The number of nitrogens with one attached hydrogen (secondary N) is 1. The highest BCUT2D eigenvalue weighted by Crippen LogP contribution is 2.28. The number of carbonyl (C=O) groups is 1. The SMILES string of the molecule is CCCCCNC(=O)C(C)Oc1ccc(Cl)cc1[C@H](C)N. The average Bonchev–Trinajstić information content (AvgIpc) is 2.44. The van der Waals surface area contributed by atoms with Crippen molar-refractivity contribution in [1.29, 1.82) is 0 Å². The smallest absolute Gasteiger partial charge is 0.260 e. The van der Waals surface area contributed by atoms with Gasteiger partial charge in [-0.2, -0.15) is 0 Å². The quantitative estimate of drug-likeness (QED) is 0.723. The number of hydrogen-bond acceptors (Lipinski definition) is 3. The maximum atomic E-state index is 12.0. The predicted molar refractivity (Wildman–Crippen MR) is 86.7 cm³/mol. The summed E-state index contributed by atoms with van der Waals surface area (Å²) in [6, 6.07) is 5.04. The van der Waals surface area contributed by atoms with E-state index in [2.05, 4.69) is 12.2 Å². The summed E-state index contributed by atoms with van der Waals surface area (Å²) in [6.07, 6.45) is 2.66. The van der Waals surface area contributed by atoms with Crippen LogP contribution >= 0.6 is 11.6 Å². The molecule has 21 heavy (non-hydrogen) atoms. The second-order valence-electron chi connectivity index (χ2n) is 5.23. The highest BCUT2D eigenvalue weighted by molar-refractivity contribution is 6.30. The third-order valence-electron chi connectivity index (χ3n) is 3.21. The summed E-state index contributed by atoms with van der Waals surface area (Å²) in [6.45, 7) is 6.40. The number of halogens is 1. The van der Waals surface area contributed by atoms with Crippen LogP contribution in [-0.2, 0) is 4.79 Å². The van der Waals surface area contributed by atoms with Gasteiger partial charge in [-0.3, -0.25) is 4.79 Å². The third kappa shape index (κ3) is 5.94. The lowest BCUT2D eigenvalue weighted by atomic mass is 10.1. The number of hydrogen-bond donors (Lipinski definition) is 2. The normalized spacial score (nSPS) is 13.6. The molecule has 2 atom stereocenters. The van der Waals surface area contributed by atoms with Crippen LogP contribution in [0.3, 0.4) is 0 Å². The molecule has 0 aromatic heterocycles. The van der Waals surface area contributed by atoms with Crippen LogP contribution in [0.25, 0.3) is 0 Å². The van der Waals surface area contributed by atoms with Crippen molar-refractivity contribution in [2.75, 3.05) is 6.54 Å². The van der Waals surface area contributed by atoms with Crippen molar-refractivity contribution in [3.8, 4) is 5.75 Å². The second kappa shape index (κ2) is 8.90. The van der Waals surface area contributed by atoms with E-state index in [9.17, 15) is 4.79 Å². The minimum Gasteiger partial charge on any atom is -0.481 e. The lowest BCUT2D eigenvalue weighted by Gasteiger charge is -2.19. The molecule has 5 heteroatoms. The molecule has 0 fully saturated rings. The van der Waals surface area contributed by atoms with Gasteiger partial charge in [0.15, 0.2) is 6.10 Å². The molecule has 0 heterocycles. The zero-order valence-corrected chi connectivity index (χ0v) is 13.7. The first-order valence-electron chi connectivity index (χ1n) is 7.45. The minimum absolute atomic E-state index is 0.114. The predicted octanol–water partition coefficient (Wildman–Crippen LogP) is 3.43. The summed E-state index contributed by atoms with van der Waals surface area (Å²) in [4.78, 5) is 12.0. The summed E-state index contributed by atoms with van der Waals surface area (Å²) in [5, 5.41) is 3.48. The van der Waals surface area contributed by atoms with E-state index in [1.807, 2.05) is 6.92 Å². The van der Waals surface area contributed by atoms with E-state index in [-0.39, 0.29) is 11.9 Å². The van der Waals surface area contributed by atoms with Gasteiger partial charge in [0.2, 0.25) is 0 Å². The summed E-state index contributed by atoms with van der Waals surface area (Å²) >= 11 is 5.97. The fraction of sp³-hybridized carbons (Fsp3) is 0.562. The van der Waals surface area contributed by atoms with Crippen molar-refractivity contribution in [2.45, 2.75) is 52.2 Å². The Hall–Kier alpha value is -1.26. The maximum absolute atomic E-state index is 12.0. The zero-order valence-electron chi connectivity index (χ0n) is 13.0. The first kappa shape index (κ1) is 17.8. The number of amides is 1. The molecule has 0 bridgehead atoms. The van der Waals surface area contributed by atoms with Crippen LogP contribution in [0.4, 0.5) is 0 Å². The highest BCUT2D eigenvalue weighted by Gasteiger charge is 2.17. The van der Waals surface area contributed by atoms with Gasteiger partial charge in [-0.25, -0.2) is 0 Å². The number of rotatable bonds is 8. The number of nitrogens with two attached hydrogens (primary N) is 1. The van der Waals surface area contributed by atoms with Crippen molar-refractivity contribution in [3.05, 3.63) is 28.8 Å². The molecule has 1 unspecified atom stereocenters. The molecule has 1 aromatic carbocycles. The third-order valence-corrected chi connectivity index (χ3v) is 3.45. The highest BCUT2D eigenvalue weighted by atomic mass is 35.5. The van der Waals surface area contributed by atoms with Gasteiger partial charge >= 0.3 is 0 Å². The minimum atomic E-state index is -0.565. The molecule has 3 N–H and O–H groups in total. The first-order valence-corrected chi connectivity index (χ1v) is 7.82.